The van der Waals surface area contributed by atoms with Gasteiger partial charge < -0.3 is 0 Å². The van der Waals surface area contributed by atoms with E-state index in [0.717, 1.165) is 5.56 Å². The average Bonchev–Trinajstić information content (AvgIpc) is 2.45. The number of hydrogen-bond acceptors (Lipinski definition) is 1. The molecule has 1 heteroatoms. The molecule has 1 nitrogen and oxygen atoms in total. The predicted molar refractivity (Wildman–Crippen MR) is 80.9 cm³/mol. The van der Waals surface area contributed by atoms with Crippen molar-refractivity contribution in [2.45, 2.75) is 19.9 Å². The fraction of sp³-hybridized carbons (Fsp3) is 0.222. The van der Waals surface area contributed by atoms with Crippen LogP contribution in [0.5, 0.6) is 0 Å². The van der Waals surface area contributed by atoms with Gasteiger partial charge in [0.1, 0.15) is 0 Å². The van der Waals surface area contributed by atoms with Gasteiger partial charge in [0, 0.05) is 11.6 Å². The first-order valence-corrected chi connectivity index (χ1v) is 6.59. The van der Waals surface area contributed by atoms with Crippen LogP contribution in [0.2, 0.25) is 0 Å². The first kappa shape index (κ1) is 13.4. The van der Waals surface area contributed by atoms with Crippen molar-refractivity contribution in [3.63, 3.8) is 0 Å². The Morgan fingerprint density at radius 3 is 2.37 bits per heavy atom. The summed E-state index contributed by atoms with van der Waals surface area (Å²) in [6.45, 7) is 4.96. The third kappa shape index (κ3) is 4.28. The summed E-state index contributed by atoms with van der Waals surface area (Å²) in [5, 5.41) is 3.41. The van der Waals surface area contributed by atoms with Crippen molar-refractivity contribution >= 4 is 0 Å². The molecule has 0 fully saturated rings. The predicted octanol–water partition coefficient (Wildman–Crippen LogP) is 3.70. The van der Waals surface area contributed by atoms with Gasteiger partial charge in [-0.1, -0.05) is 59.9 Å². The van der Waals surface area contributed by atoms with Crippen molar-refractivity contribution in [3.8, 4) is 11.8 Å². The summed E-state index contributed by atoms with van der Waals surface area (Å²) in [7, 11) is 0. The van der Waals surface area contributed by atoms with E-state index >= 15 is 0 Å². The van der Waals surface area contributed by atoms with Crippen LogP contribution in [0.3, 0.4) is 0 Å². The van der Waals surface area contributed by atoms with Gasteiger partial charge in [-0.3, -0.25) is 5.32 Å². The van der Waals surface area contributed by atoms with Gasteiger partial charge in [0.05, 0.1) is 6.54 Å². The lowest BCUT2D eigenvalue weighted by molar-refractivity contribution is 0.623. The van der Waals surface area contributed by atoms with Gasteiger partial charge >= 0.3 is 0 Å². The maximum Gasteiger partial charge on any atom is 0.0584 e. The number of nitrogens with one attached hydrogen (secondary N) is 1. The third-order valence-electron chi connectivity index (χ3n) is 3.08. The minimum absolute atomic E-state index is 0.325. The Morgan fingerprint density at radius 2 is 1.68 bits per heavy atom. The standard InChI is InChI=1S/C18H19N/c1-15-10-12-18(13-11-15)16(2)19-14-6-9-17-7-4-3-5-8-17/h3-5,7-8,10-13,16,19H,14H2,1-2H3/t16-/m1/s1. The zero-order valence-electron chi connectivity index (χ0n) is 11.5. The van der Waals surface area contributed by atoms with Crippen molar-refractivity contribution in [1.29, 1.82) is 0 Å². The van der Waals surface area contributed by atoms with E-state index < -0.39 is 0 Å². The summed E-state index contributed by atoms with van der Waals surface area (Å²) in [5.74, 6) is 6.30. The molecule has 2 aromatic carbocycles. The average molecular weight is 249 g/mol. The van der Waals surface area contributed by atoms with Crippen LogP contribution in [0.15, 0.2) is 54.6 Å². The van der Waals surface area contributed by atoms with Gasteiger partial charge in [-0.05, 0) is 31.5 Å². The molecule has 2 aromatic rings. The Balaban J connectivity index is 1.86. The van der Waals surface area contributed by atoms with Gasteiger partial charge in [0.15, 0.2) is 0 Å². The highest BCUT2D eigenvalue weighted by atomic mass is 14.9. The van der Waals surface area contributed by atoms with E-state index in [2.05, 4.69) is 55.3 Å². The Labute approximate surface area is 115 Å². The topological polar surface area (TPSA) is 12.0 Å². The van der Waals surface area contributed by atoms with E-state index in [0.29, 0.717) is 12.6 Å². The molecule has 0 aliphatic carbocycles. The molecule has 2 rings (SSSR count). The van der Waals surface area contributed by atoms with Gasteiger partial charge in [-0.25, -0.2) is 0 Å². The fourth-order valence-corrected chi connectivity index (χ4v) is 1.84. The molecule has 0 heterocycles. The molecule has 0 bridgehead atoms. The molecule has 0 radical (unpaired) electrons. The maximum atomic E-state index is 3.41. The van der Waals surface area contributed by atoms with E-state index in [-0.39, 0.29) is 0 Å². The van der Waals surface area contributed by atoms with Crippen molar-refractivity contribution < 1.29 is 0 Å². The largest absolute Gasteiger partial charge is 0.300 e. The number of rotatable bonds is 3. The molecule has 0 amide bonds. The van der Waals surface area contributed by atoms with E-state index in [9.17, 15) is 0 Å². The van der Waals surface area contributed by atoms with Gasteiger partial charge in [0.2, 0.25) is 0 Å². The summed E-state index contributed by atoms with van der Waals surface area (Å²) in [6, 6.07) is 19.0. The molecule has 0 spiro atoms. The van der Waals surface area contributed by atoms with Crippen LogP contribution in [0.1, 0.15) is 29.7 Å². The minimum atomic E-state index is 0.325. The second-order valence-corrected chi connectivity index (χ2v) is 4.68. The first-order valence-electron chi connectivity index (χ1n) is 6.59. The van der Waals surface area contributed by atoms with E-state index in [1.807, 2.05) is 30.3 Å². The molecule has 0 aromatic heterocycles. The van der Waals surface area contributed by atoms with Crippen LogP contribution in [-0.2, 0) is 0 Å². The molecule has 0 aliphatic rings. The first-order chi connectivity index (χ1) is 9.25. The molecule has 0 saturated carbocycles. The smallest absolute Gasteiger partial charge is 0.0584 e. The molecule has 1 atom stereocenters. The molecule has 96 valence electrons. The van der Waals surface area contributed by atoms with Crippen LogP contribution in [0, 0.1) is 18.8 Å². The summed E-state index contributed by atoms with van der Waals surface area (Å²) < 4.78 is 0. The van der Waals surface area contributed by atoms with Crippen LogP contribution in [0.4, 0.5) is 0 Å². The second-order valence-electron chi connectivity index (χ2n) is 4.68. The van der Waals surface area contributed by atoms with Crippen LogP contribution < -0.4 is 5.32 Å². The monoisotopic (exact) mass is 249 g/mol. The highest BCUT2D eigenvalue weighted by molar-refractivity contribution is 5.34. The molecule has 0 aliphatic heterocycles. The number of hydrogen-bond donors (Lipinski definition) is 1. The fourth-order valence-electron chi connectivity index (χ4n) is 1.84. The molecular formula is C18H19N. The molecular weight excluding hydrogens is 230 g/mol. The SMILES string of the molecule is Cc1ccc([C@@H](C)NCC#Cc2ccccc2)cc1. The highest BCUT2D eigenvalue weighted by Gasteiger charge is 2.02. The lowest BCUT2D eigenvalue weighted by atomic mass is 10.1. The van der Waals surface area contributed by atoms with E-state index in [4.69, 9.17) is 0 Å². The Hall–Kier alpha value is -2.04. The minimum Gasteiger partial charge on any atom is -0.300 e. The Kier molecular flexibility index (Phi) is 4.78. The van der Waals surface area contributed by atoms with Gasteiger partial charge in [-0.2, -0.15) is 0 Å². The number of benzene rings is 2. The van der Waals surface area contributed by atoms with Gasteiger partial charge in [0.25, 0.3) is 0 Å². The second kappa shape index (κ2) is 6.78. The molecule has 1 N–H and O–H groups in total. The normalized spacial score (nSPS) is 11.5. The van der Waals surface area contributed by atoms with Crippen LogP contribution >= 0.6 is 0 Å². The third-order valence-corrected chi connectivity index (χ3v) is 3.08. The van der Waals surface area contributed by atoms with Crippen molar-refractivity contribution in [2.24, 2.45) is 0 Å². The van der Waals surface area contributed by atoms with Crippen LogP contribution in [-0.4, -0.2) is 6.54 Å². The molecule has 0 saturated heterocycles. The highest BCUT2D eigenvalue weighted by Crippen LogP contribution is 2.12. The quantitative estimate of drug-likeness (QED) is 0.818. The Bertz CT molecular complexity index is 558. The van der Waals surface area contributed by atoms with Gasteiger partial charge in [-0.15, -0.1) is 0 Å². The molecule has 0 unspecified atom stereocenters. The Morgan fingerprint density at radius 1 is 1.00 bits per heavy atom. The van der Waals surface area contributed by atoms with Crippen LogP contribution in [0.25, 0.3) is 0 Å². The van der Waals surface area contributed by atoms with E-state index in [1.54, 1.807) is 0 Å². The lowest BCUT2D eigenvalue weighted by Crippen LogP contribution is -2.18. The van der Waals surface area contributed by atoms with Crippen molar-refractivity contribution in [2.75, 3.05) is 6.54 Å². The number of aryl methyl sites for hydroxylation is 1. The maximum absolute atomic E-state index is 3.41. The summed E-state index contributed by atoms with van der Waals surface area (Å²) in [4.78, 5) is 0. The van der Waals surface area contributed by atoms with E-state index in [1.165, 1.54) is 11.1 Å². The summed E-state index contributed by atoms with van der Waals surface area (Å²) in [6.07, 6.45) is 0. The lowest BCUT2D eigenvalue weighted by Gasteiger charge is -2.12. The zero-order valence-corrected chi connectivity index (χ0v) is 11.5. The summed E-state index contributed by atoms with van der Waals surface area (Å²) >= 11 is 0. The zero-order chi connectivity index (χ0) is 13.5. The van der Waals surface area contributed by atoms with Crippen molar-refractivity contribution in [1.82, 2.24) is 5.32 Å². The molecule has 19 heavy (non-hydrogen) atoms. The summed E-state index contributed by atoms with van der Waals surface area (Å²) in [5.41, 5.74) is 3.65. The van der Waals surface area contributed by atoms with Crippen molar-refractivity contribution in [3.05, 3.63) is 71.3 Å².